The van der Waals surface area contributed by atoms with Gasteiger partial charge in [-0.25, -0.2) is 9.18 Å². The van der Waals surface area contributed by atoms with Gasteiger partial charge in [0.1, 0.15) is 22.7 Å². The Balaban J connectivity index is 1.67. The number of aromatic nitrogens is 1. The van der Waals surface area contributed by atoms with Crippen LogP contribution in [0.25, 0.3) is 0 Å². The Bertz CT molecular complexity index is 1540. The number of hydrogen-bond donors (Lipinski definition) is 2. The van der Waals surface area contributed by atoms with Crippen LogP contribution in [0.5, 0.6) is 5.75 Å². The van der Waals surface area contributed by atoms with E-state index in [1.54, 1.807) is 51.1 Å². The minimum Gasteiger partial charge on any atom is -0.460 e. The lowest BCUT2D eigenvalue weighted by molar-refractivity contribution is -0.253. The van der Waals surface area contributed by atoms with E-state index in [1.165, 1.54) is 18.3 Å². The smallest absolute Gasteiger partial charge is 0.460 e. The number of hydrogen-bond acceptors (Lipinski definition) is 6. The van der Waals surface area contributed by atoms with Gasteiger partial charge >= 0.3 is 24.5 Å². The zero-order valence-electron chi connectivity index (χ0n) is 26.6. The van der Waals surface area contributed by atoms with E-state index in [-0.39, 0.29) is 35.7 Å². The number of esters is 1. The first-order valence-electron chi connectivity index (χ1n) is 15.3. The summed E-state index contributed by atoms with van der Waals surface area (Å²) in [7, 11) is 0. The molecule has 260 valence electrons. The lowest BCUT2D eigenvalue weighted by atomic mass is 9.80. The summed E-state index contributed by atoms with van der Waals surface area (Å²) in [5.41, 5.74) is -1.76. The summed E-state index contributed by atoms with van der Waals surface area (Å²) in [6.45, 7) is 5.35. The summed E-state index contributed by atoms with van der Waals surface area (Å²) >= 11 is 6.11. The summed E-state index contributed by atoms with van der Waals surface area (Å²) in [4.78, 5) is 30.4. The van der Waals surface area contributed by atoms with Crippen LogP contribution in [0, 0.1) is 5.82 Å². The second-order valence-electron chi connectivity index (χ2n) is 12.5. The molecule has 1 aliphatic rings. The monoisotopic (exact) mass is 697 g/mol. The van der Waals surface area contributed by atoms with E-state index < -0.39 is 59.4 Å². The van der Waals surface area contributed by atoms with Crippen LogP contribution in [0.2, 0.25) is 5.02 Å². The number of pyridine rings is 1. The molecule has 2 amide bonds. The lowest BCUT2D eigenvalue weighted by Crippen LogP contribution is -2.55. The fraction of sp³-hybridized carbons (Fsp3) is 0.441. The maximum atomic E-state index is 15.1. The molecule has 3 atom stereocenters. The number of urea groups is 1. The Morgan fingerprint density at radius 3 is 2.42 bits per heavy atom. The summed E-state index contributed by atoms with van der Waals surface area (Å²) < 4.78 is 84.5. The van der Waals surface area contributed by atoms with Crippen molar-refractivity contribution in [1.82, 2.24) is 15.6 Å². The van der Waals surface area contributed by atoms with Crippen molar-refractivity contribution in [2.24, 2.45) is 0 Å². The Morgan fingerprint density at radius 1 is 1.04 bits per heavy atom. The average Bonchev–Trinajstić information content (AvgIpc) is 3.42. The predicted molar refractivity (Wildman–Crippen MR) is 168 cm³/mol. The number of ether oxygens (including phenoxy) is 3. The van der Waals surface area contributed by atoms with Crippen molar-refractivity contribution in [2.45, 2.75) is 88.7 Å². The van der Waals surface area contributed by atoms with Gasteiger partial charge in [0.05, 0.1) is 35.9 Å². The van der Waals surface area contributed by atoms with E-state index in [4.69, 9.17) is 21.1 Å². The standard InChI is InChI=1S/C34H37ClF5N3O5/c1-32(2,3)48-29(44)14-15-46-27-11-7-10-26(27)42-31(45)43-33(19-21-8-5-4-6-9-21,28-13-12-23(35)20-41-28)22-16-24(36)18-25(17-22)47-34(39,40)30(37)38/h4-6,8-9,12-13,16-18,20,26-27,30H,7,10-11,14-15,19H2,1-3H3,(H2,42,43,45). The van der Waals surface area contributed by atoms with Crippen LogP contribution in [0.1, 0.15) is 63.3 Å². The zero-order chi connectivity index (χ0) is 35.1. The molecule has 1 fully saturated rings. The molecule has 14 heteroatoms. The number of benzene rings is 2. The van der Waals surface area contributed by atoms with Gasteiger partial charge in [0.2, 0.25) is 0 Å². The normalized spacial score (nSPS) is 17.9. The number of nitrogens with one attached hydrogen (secondary N) is 2. The van der Waals surface area contributed by atoms with Crippen LogP contribution < -0.4 is 15.4 Å². The van der Waals surface area contributed by atoms with Crippen molar-refractivity contribution >= 4 is 23.6 Å². The molecule has 0 spiro atoms. The fourth-order valence-corrected chi connectivity index (χ4v) is 5.61. The number of nitrogens with zero attached hydrogens (tertiary/aromatic N) is 1. The first-order valence-corrected chi connectivity index (χ1v) is 15.7. The van der Waals surface area contributed by atoms with Crippen molar-refractivity contribution in [2.75, 3.05) is 6.61 Å². The van der Waals surface area contributed by atoms with Crippen LogP contribution in [0.15, 0.2) is 66.9 Å². The third-order valence-corrected chi connectivity index (χ3v) is 7.73. The van der Waals surface area contributed by atoms with Crippen molar-refractivity contribution in [1.29, 1.82) is 0 Å². The molecule has 0 saturated heterocycles. The minimum atomic E-state index is -4.92. The highest BCUT2D eigenvalue weighted by Crippen LogP contribution is 2.37. The van der Waals surface area contributed by atoms with Gasteiger partial charge in [-0.2, -0.15) is 17.6 Å². The van der Waals surface area contributed by atoms with E-state index in [1.807, 2.05) is 0 Å². The predicted octanol–water partition coefficient (Wildman–Crippen LogP) is 7.57. The lowest BCUT2D eigenvalue weighted by Gasteiger charge is -2.36. The van der Waals surface area contributed by atoms with Crippen LogP contribution in [0.3, 0.4) is 0 Å². The van der Waals surface area contributed by atoms with Gasteiger partial charge < -0.3 is 24.8 Å². The van der Waals surface area contributed by atoms with E-state index in [0.717, 1.165) is 18.6 Å². The molecule has 1 aromatic heterocycles. The third kappa shape index (κ3) is 10.0. The van der Waals surface area contributed by atoms with Gasteiger partial charge in [0.15, 0.2) is 0 Å². The topological polar surface area (TPSA) is 98.8 Å². The van der Waals surface area contributed by atoms with E-state index in [9.17, 15) is 27.2 Å². The van der Waals surface area contributed by atoms with Crippen molar-refractivity contribution in [3.8, 4) is 5.75 Å². The number of carbonyl (C=O) groups is 2. The van der Waals surface area contributed by atoms with Gasteiger partial charge in [0.25, 0.3) is 0 Å². The fourth-order valence-electron chi connectivity index (χ4n) is 5.50. The molecule has 3 unspecified atom stereocenters. The quantitative estimate of drug-likeness (QED) is 0.141. The first kappa shape index (κ1) is 36.9. The summed E-state index contributed by atoms with van der Waals surface area (Å²) in [5, 5.41) is 6.01. The summed E-state index contributed by atoms with van der Waals surface area (Å²) in [6.07, 6.45) is -6.42. The molecular weight excluding hydrogens is 661 g/mol. The Morgan fingerprint density at radius 2 is 1.77 bits per heavy atom. The number of carbonyl (C=O) groups excluding carboxylic acids is 2. The van der Waals surface area contributed by atoms with Gasteiger partial charge in [-0.1, -0.05) is 41.9 Å². The molecule has 1 aliphatic carbocycles. The number of alkyl halides is 4. The highest BCUT2D eigenvalue weighted by Gasteiger charge is 2.45. The highest BCUT2D eigenvalue weighted by atomic mass is 35.5. The van der Waals surface area contributed by atoms with Crippen molar-refractivity contribution < 1.29 is 45.8 Å². The Labute approximate surface area is 280 Å². The maximum absolute atomic E-state index is 15.1. The Hall–Kier alpha value is -3.97. The maximum Gasteiger partial charge on any atom is 0.461 e. The number of amides is 2. The van der Waals surface area contributed by atoms with Crippen LogP contribution >= 0.6 is 11.6 Å². The van der Waals surface area contributed by atoms with E-state index >= 15 is 4.39 Å². The van der Waals surface area contributed by atoms with Crippen molar-refractivity contribution in [3.05, 3.63) is 94.5 Å². The zero-order valence-corrected chi connectivity index (χ0v) is 27.3. The molecule has 1 saturated carbocycles. The van der Waals surface area contributed by atoms with E-state index in [0.29, 0.717) is 24.5 Å². The second-order valence-corrected chi connectivity index (χ2v) is 12.9. The van der Waals surface area contributed by atoms with E-state index in [2.05, 4.69) is 20.4 Å². The van der Waals surface area contributed by atoms with Gasteiger partial charge in [-0.05, 0) is 75.4 Å². The molecule has 8 nitrogen and oxygen atoms in total. The first-order chi connectivity index (χ1) is 22.6. The molecular formula is C34H37ClF5N3O5. The molecule has 2 aromatic carbocycles. The molecule has 2 N–H and O–H groups in total. The van der Waals surface area contributed by atoms with Gasteiger partial charge in [-0.15, -0.1) is 0 Å². The Kier molecular flexibility index (Phi) is 11.9. The third-order valence-electron chi connectivity index (χ3n) is 7.50. The van der Waals surface area contributed by atoms with Crippen molar-refractivity contribution in [3.63, 3.8) is 0 Å². The molecule has 3 aromatic rings. The SMILES string of the molecule is CC(C)(C)OC(=O)CCOC1CCCC1NC(=O)NC(Cc1ccccc1)(c1cc(F)cc(OC(F)(F)C(F)F)c1)c1ccc(Cl)cn1. The molecule has 4 rings (SSSR count). The highest BCUT2D eigenvalue weighted by molar-refractivity contribution is 6.30. The minimum absolute atomic E-state index is 0.0175. The summed E-state index contributed by atoms with van der Waals surface area (Å²) in [5.74, 6) is -2.40. The molecule has 0 radical (unpaired) electrons. The molecule has 0 bridgehead atoms. The van der Waals surface area contributed by atoms with Gasteiger partial charge in [0, 0.05) is 18.7 Å². The summed E-state index contributed by atoms with van der Waals surface area (Å²) in [6, 6.07) is 12.9. The van der Waals surface area contributed by atoms with Gasteiger partial charge in [-0.3, -0.25) is 9.78 Å². The number of halogens is 6. The molecule has 48 heavy (non-hydrogen) atoms. The second kappa shape index (κ2) is 15.5. The van der Waals surface area contributed by atoms with Crippen LogP contribution in [0.4, 0.5) is 26.7 Å². The van der Waals surface area contributed by atoms with Crippen LogP contribution in [-0.2, 0) is 26.2 Å². The largest absolute Gasteiger partial charge is 0.461 e. The average molecular weight is 698 g/mol. The molecule has 0 aliphatic heterocycles. The molecule has 1 heterocycles. The van der Waals surface area contributed by atoms with Crippen LogP contribution in [-0.4, -0.2) is 53.9 Å². The number of rotatable bonds is 13.